The van der Waals surface area contributed by atoms with Gasteiger partial charge in [0.2, 0.25) is 0 Å². The van der Waals surface area contributed by atoms with Crippen molar-refractivity contribution in [1.29, 1.82) is 0 Å². The molecule has 4 heteroatoms. The first-order valence-electron chi connectivity index (χ1n) is 10.6. The van der Waals surface area contributed by atoms with Gasteiger partial charge in [-0.15, -0.1) is 0 Å². The van der Waals surface area contributed by atoms with E-state index in [2.05, 4.69) is 61.6 Å². The highest BCUT2D eigenvalue weighted by Gasteiger charge is 2.41. The lowest BCUT2D eigenvalue weighted by atomic mass is 9.67. The van der Waals surface area contributed by atoms with Crippen LogP contribution in [-0.4, -0.2) is 39.5 Å². The summed E-state index contributed by atoms with van der Waals surface area (Å²) in [4.78, 5) is 0. The zero-order chi connectivity index (χ0) is 20.7. The molecule has 1 heterocycles. The van der Waals surface area contributed by atoms with E-state index >= 15 is 0 Å². The molecule has 2 aromatic carbocycles. The molecule has 158 valence electrons. The number of nitrogens with one attached hydrogen (secondary N) is 1. The van der Waals surface area contributed by atoms with E-state index in [-0.39, 0.29) is 11.0 Å². The van der Waals surface area contributed by atoms with Crippen LogP contribution in [0, 0.1) is 0 Å². The second-order valence-electron chi connectivity index (χ2n) is 8.62. The molecule has 0 saturated carbocycles. The zero-order valence-electron chi connectivity index (χ0n) is 18.3. The van der Waals surface area contributed by atoms with Gasteiger partial charge in [0.05, 0.1) is 19.8 Å². The Balaban J connectivity index is 1.57. The van der Waals surface area contributed by atoms with Gasteiger partial charge < -0.3 is 19.5 Å². The first-order valence-corrected chi connectivity index (χ1v) is 10.6. The number of rotatable bonds is 9. The number of ether oxygens (including phenoxy) is 3. The summed E-state index contributed by atoms with van der Waals surface area (Å²) in [6, 6.07) is 17.1. The molecule has 0 aromatic heterocycles. The lowest BCUT2D eigenvalue weighted by molar-refractivity contribution is -0.0839. The monoisotopic (exact) mass is 397 g/mol. The molecule has 4 nitrogen and oxygen atoms in total. The highest BCUT2D eigenvalue weighted by Crippen LogP contribution is 2.43. The summed E-state index contributed by atoms with van der Waals surface area (Å²) in [5.74, 6) is 1.56. The van der Waals surface area contributed by atoms with Crippen LogP contribution in [-0.2, 0) is 16.6 Å². The van der Waals surface area contributed by atoms with Crippen molar-refractivity contribution in [3.63, 3.8) is 0 Å². The van der Waals surface area contributed by atoms with E-state index < -0.39 is 0 Å². The lowest BCUT2D eigenvalue weighted by Gasteiger charge is -2.45. The number of hydrogen-bond donors (Lipinski definition) is 1. The van der Waals surface area contributed by atoms with Crippen LogP contribution in [0.1, 0.15) is 44.2 Å². The van der Waals surface area contributed by atoms with Gasteiger partial charge in [-0.25, -0.2) is 0 Å². The predicted octanol–water partition coefficient (Wildman–Crippen LogP) is 4.75. The van der Waals surface area contributed by atoms with Crippen LogP contribution in [0.3, 0.4) is 0 Å². The van der Waals surface area contributed by atoms with Crippen LogP contribution in [0.5, 0.6) is 11.5 Å². The van der Waals surface area contributed by atoms with Crippen LogP contribution >= 0.6 is 0 Å². The summed E-state index contributed by atoms with van der Waals surface area (Å²) in [6.07, 6.45) is 4.22. The van der Waals surface area contributed by atoms with E-state index in [0.717, 1.165) is 56.9 Å². The molecule has 0 spiro atoms. The normalized spacial score (nSPS) is 21.0. The Kier molecular flexibility index (Phi) is 7.20. The first-order chi connectivity index (χ1) is 14.0. The van der Waals surface area contributed by atoms with Crippen molar-refractivity contribution in [1.82, 2.24) is 5.32 Å². The van der Waals surface area contributed by atoms with Gasteiger partial charge in [-0.3, -0.25) is 0 Å². The summed E-state index contributed by atoms with van der Waals surface area (Å²) >= 11 is 0. The van der Waals surface area contributed by atoms with Crippen molar-refractivity contribution < 1.29 is 14.2 Å². The molecule has 1 fully saturated rings. The van der Waals surface area contributed by atoms with Gasteiger partial charge in [0.1, 0.15) is 0 Å². The van der Waals surface area contributed by atoms with E-state index in [0.29, 0.717) is 0 Å². The third-order valence-corrected chi connectivity index (χ3v) is 6.04. The smallest absolute Gasteiger partial charge is 0.160 e. The largest absolute Gasteiger partial charge is 0.493 e. The second kappa shape index (κ2) is 9.64. The summed E-state index contributed by atoms with van der Waals surface area (Å²) in [5, 5.41) is 3.66. The zero-order valence-corrected chi connectivity index (χ0v) is 18.3. The van der Waals surface area contributed by atoms with Crippen molar-refractivity contribution in [3.8, 4) is 11.5 Å². The Labute approximate surface area is 175 Å². The lowest BCUT2D eigenvalue weighted by Crippen LogP contribution is -2.45. The van der Waals surface area contributed by atoms with Gasteiger partial charge in [0, 0.05) is 12.0 Å². The molecular formula is C25H35NO3. The average Bonchev–Trinajstić information content (AvgIpc) is 2.73. The van der Waals surface area contributed by atoms with E-state index in [9.17, 15) is 0 Å². The number of hydrogen-bond acceptors (Lipinski definition) is 4. The minimum absolute atomic E-state index is 0.0757. The SMILES string of the molecule is COc1ccc(CCNCC[C@@]2(c3ccccc3)CCOC(C)(C)C2)cc1OC. The molecule has 3 rings (SSSR count). The molecule has 0 aliphatic carbocycles. The van der Waals surface area contributed by atoms with Crippen LogP contribution in [0.2, 0.25) is 0 Å². The van der Waals surface area contributed by atoms with E-state index in [4.69, 9.17) is 14.2 Å². The van der Waals surface area contributed by atoms with E-state index in [1.165, 1.54) is 11.1 Å². The molecule has 1 aliphatic rings. The van der Waals surface area contributed by atoms with Crippen LogP contribution in [0.4, 0.5) is 0 Å². The van der Waals surface area contributed by atoms with E-state index in [1.807, 2.05) is 6.07 Å². The molecule has 1 aliphatic heterocycles. The van der Waals surface area contributed by atoms with Gasteiger partial charge >= 0.3 is 0 Å². The van der Waals surface area contributed by atoms with Gasteiger partial charge in [-0.1, -0.05) is 36.4 Å². The van der Waals surface area contributed by atoms with Crippen molar-refractivity contribution in [2.75, 3.05) is 33.9 Å². The summed E-state index contributed by atoms with van der Waals surface area (Å²) in [5.41, 5.74) is 2.80. The molecule has 0 bridgehead atoms. The quantitative estimate of drug-likeness (QED) is 0.620. The molecule has 0 unspecified atom stereocenters. The van der Waals surface area contributed by atoms with Crippen LogP contribution in [0.15, 0.2) is 48.5 Å². The van der Waals surface area contributed by atoms with Gasteiger partial charge in [0.25, 0.3) is 0 Å². The summed E-state index contributed by atoms with van der Waals surface area (Å²) < 4.78 is 16.8. The van der Waals surface area contributed by atoms with Crippen LogP contribution in [0.25, 0.3) is 0 Å². The highest BCUT2D eigenvalue weighted by atomic mass is 16.5. The fourth-order valence-electron chi connectivity index (χ4n) is 4.59. The van der Waals surface area contributed by atoms with Gasteiger partial charge in [0.15, 0.2) is 11.5 Å². The summed E-state index contributed by atoms with van der Waals surface area (Å²) in [6.45, 7) is 7.20. The van der Waals surface area contributed by atoms with Crippen molar-refractivity contribution >= 4 is 0 Å². The maximum Gasteiger partial charge on any atom is 0.160 e. The molecule has 1 saturated heterocycles. The fourth-order valence-corrected chi connectivity index (χ4v) is 4.59. The highest BCUT2D eigenvalue weighted by molar-refractivity contribution is 5.43. The second-order valence-corrected chi connectivity index (χ2v) is 8.62. The molecule has 2 aromatic rings. The minimum atomic E-state index is -0.0757. The third-order valence-electron chi connectivity index (χ3n) is 6.04. The molecular weight excluding hydrogens is 362 g/mol. The van der Waals surface area contributed by atoms with Crippen molar-refractivity contribution in [2.24, 2.45) is 0 Å². The molecule has 0 amide bonds. The van der Waals surface area contributed by atoms with Crippen molar-refractivity contribution in [2.45, 2.75) is 50.5 Å². The molecule has 1 N–H and O–H groups in total. The Morgan fingerprint density at radius 3 is 2.41 bits per heavy atom. The Morgan fingerprint density at radius 1 is 0.966 bits per heavy atom. The predicted molar refractivity (Wildman–Crippen MR) is 118 cm³/mol. The van der Waals surface area contributed by atoms with Gasteiger partial charge in [-0.2, -0.15) is 0 Å². The first kappa shape index (κ1) is 21.7. The topological polar surface area (TPSA) is 39.7 Å². The standard InChI is InChI=1S/C25H35NO3/c1-24(2)19-25(14-17-29-24,21-8-6-5-7-9-21)13-16-26-15-12-20-10-11-22(27-3)23(18-20)28-4/h5-11,18,26H,12-17,19H2,1-4H3/t25-/m1/s1. The van der Waals surface area contributed by atoms with Gasteiger partial charge in [-0.05, 0) is 75.9 Å². The molecule has 1 atom stereocenters. The molecule has 29 heavy (non-hydrogen) atoms. The minimum Gasteiger partial charge on any atom is -0.493 e. The third kappa shape index (κ3) is 5.52. The van der Waals surface area contributed by atoms with Crippen LogP contribution < -0.4 is 14.8 Å². The average molecular weight is 398 g/mol. The summed E-state index contributed by atoms with van der Waals surface area (Å²) in [7, 11) is 3.34. The molecule has 0 radical (unpaired) electrons. The van der Waals surface area contributed by atoms with Crippen molar-refractivity contribution in [3.05, 3.63) is 59.7 Å². The fraction of sp³-hybridized carbons (Fsp3) is 0.520. The van der Waals surface area contributed by atoms with E-state index in [1.54, 1.807) is 14.2 Å². The number of benzene rings is 2. The Bertz CT molecular complexity index is 775. The Morgan fingerprint density at radius 2 is 1.72 bits per heavy atom. The maximum absolute atomic E-state index is 6.03. The Hall–Kier alpha value is -2.04. The maximum atomic E-state index is 6.03. The number of methoxy groups -OCH3 is 2.